The first-order valence-corrected chi connectivity index (χ1v) is 11.9. The van der Waals surface area contributed by atoms with Crippen molar-refractivity contribution in [2.45, 2.75) is 37.6 Å². The minimum absolute atomic E-state index is 0.0282. The Hall–Kier alpha value is -3.16. The number of rotatable bonds is 6. The fraction of sp³-hybridized carbons (Fsp3) is 0.280. The topological polar surface area (TPSA) is 90.1 Å². The van der Waals surface area contributed by atoms with Gasteiger partial charge in [-0.05, 0) is 74.2 Å². The average Bonchev–Trinajstić information content (AvgIpc) is 3.34. The van der Waals surface area contributed by atoms with Crippen LogP contribution in [0.5, 0.6) is 5.75 Å². The van der Waals surface area contributed by atoms with E-state index in [1.165, 1.54) is 0 Å². The van der Waals surface area contributed by atoms with Gasteiger partial charge in [0.1, 0.15) is 11.4 Å². The first-order valence-electron chi connectivity index (χ1n) is 11.1. The van der Waals surface area contributed by atoms with Gasteiger partial charge in [-0.3, -0.25) is 4.79 Å². The maximum absolute atomic E-state index is 12.3. The Bertz CT molecular complexity index is 1300. The molecule has 0 radical (unpaired) electrons. The van der Waals surface area contributed by atoms with Crippen molar-refractivity contribution in [2.24, 2.45) is 0 Å². The number of ether oxygens (including phenoxy) is 1. The molecule has 1 aliphatic carbocycles. The molecule has 2 aromatic carbocycles. The molecule has 7 nitrogen and oxygen atoms in total. The second kappa shape index (κ2) is 9.99. The van der Waals surface area contributed by atoms with Crippen LogP contribution in [0.25, 0.3) is 22.5 Å². The molecule has 1 N–H and O–H groups in total. The molecule has 4 aromatic rings. The maximum Gasteiger partial charge on any atom is 0.266 e. The molecule has 0 spiro atoms. The first kappa shape index (κ1) is 22.6. The van der Waals surface area contributed by atoms with Crippen molar-refractivity contribution in [3.63, 3.8) is 0 Å². The van der Waals surface area contributed by atoms with Crippen LogP contribution in [0.1, 0.15) is 37.5 Å². The molecule has 9 heteroatoms. The van der Waals surface area contributed by atoms with Gasteiger partial charge < -0.3 is 14.5 Å². The minimum Gasteiger partial charge on any atom is -0.484 e. The first-order chi connectivity index (χ1) is 16.5. The van der Waals surface area contributed by atoms with Crippen LogP contribution in [-0.2, 0) is 4.79 Å². The second-order valence-electron chi connectivity index (χ2n) is 8.34. The van der Waals surface area contributed by atoms with Gasteiger partial charge in [0.05, 0.1) is 5.52 Å². The maximum atomic E-state index is 12.3. The standard InChI is InChI=1S/C25H22Cl2N4O3/c26-17-4-9-20(10-5-17)33-14-23(32)28-19-7-1-15(2-8-19)24-30-31-25(34-24)22-11-3-16-13-18(27)6-12-21(16)29-22/h3-6,9-13,15,19H,1-2,7-8,14H2,(H,28,32). The molecule has 0 atom stereocenters. The monoisotopic (exact) mass is 496 g/mol. The summed E-state index contributed by atoms with van der Waals surface area (Å²) in [5.41, 5.74) is 1.45. The number of hydrogen-bond acceptors (Lipinski definition) is 6. The number of fused-ring (bicyclic) bond motifs is 1. The number of amides is 1. The number of halogens is 2. The molecule has 0 unspecified atom stereocenters. The lowest BCUT2D eigenvalue weighted by molar-refractivity contribution is -0.124. The van der Waals surface area contributed by atoms with Crippen LogP contribution >= 0.6 is 23.2 Å². The van der Waals surface area contributed by atoms with E-state index in [9.17, 15) is 4.79 Å². The molecule has 1 fully saturated rings. The summed E-state index contributed by atoms with van der Waals surface area (Å²) in [7, 11) is 0. The molecule has 5 rings (SSSR count). The molecule has 1 aliphatic rings. The molecule has 2 heterocycles. The predicted molar refractivity (Wildman–Crippen MR) is 130 cm³/mol. The summed E-state index contributed by atoms with van der Waals surface area (Å²) in [5.74, 6) is 1.66. The highest BCUT2D eigenvalue weighted by atomic mass is 35.5. The van der Waals surface area contributed by atoms with Gasteiger partial charge in [-0.1, -0.05) is 29.3 Å². The van der Waals surface area contributed by atoms with Gasteiger partial charge in [0.15, 0.2) is 6.61 Å². The van der Waals surface area contributed by atoms with Crippen molar-refractivity contribution < 1.29 is 13.9 Å². The quantitative estimate of drug-likeness (QED) is 0.362. The van der Waals surface area contributed by atoms with Crippen LogP contribution in [-0.4, -0.2) is 33.7 Å². The Balaban J connectivity index is 1.14. The molecular weight excluding hydrogens is 475 g/mol. The van der Waals surface area contributed by atoms with Crippen molar-refractivity contribution in [2.75, 3.05) is 6.61 Å². The molecule has 0 aliphatic heterocycles. The number of hydrogen-bond donors (Lipinski definition) is 1. The van der Waals surface area contributed by atoms with Crippen LogP contribution in [0.4, 0.5) is 0 Å². The van der Waals surface area contributed by atoms with Crippen LogP contribution in [0, 0.1) is 0 Å². The fourth-order valence-electron chi connectivity index (χ4n) is 4.15. The summed E-state index contributed by atoms with van der Waals surface area (Å²) in [4.78, 5) is 16.9. The molecule has 0 saturated heterocycles. The van der Waals surface area contributed by atoms with Gasteiger partial charge >= 0.3 is 0 Å². The minimum atomic E-state index is -0.137. The number of carbonyl (C=O) groups excluding carboxylic acids is 1. The number of benzene rings is 2. The smallest absolute Gasteiger partial charge is 0.266 e. The second-order valence-corrected chi connectivity index (χ2v) is 9.21. The fourth-order valence-corrected chi connectivity index (χ4v) is 4.46. The highest BCUT2D eigenvalue weighted by Crippen LogP contribution is 2.33. The molecule has 0 bridgehead atoms. The van der Waals surface area contributed by atoms with E-state index >= 15 is 0 Å². The highest BCUT2D eigenvalue weighted by Gasteiger charge is 2.27. The van der Waals surface area contributed by atoms with Crippen LogP contribution in [0.2, 0.25) is 10.0 Å². The largest absolute Gasteiger partial charge is 0.484 e. The van der Waals surface area contributed by atoms with Crippen molar-refractivity contribution in [1.29, 1.82) is 0 Å². The van der Waals surface area contributed by atoms with E-state index in [1.54, 1.807) is 30.3 Å². The summed E-state index contributed by atoms with van der Waals surface area (Å²) >= 11 is 11.9. The third-order valence-electron chi connectivity index (χ3n) is 5.94. The van der Waals surface area contributed by atoms with E-state index in [1.807, 2.05) is 24.3 Å². The van der Waals surface area contributed by atoms with Crippen molar-refractivity contribution in [1.82, 2.24) is 20.5 Å². The van der Waals surface area contributed by atoms with Gasteiger partial charge in [-0.2, -0.15) is 0 Å². The van der Waals surface area contributed by atoms with Gasteiger partial charge in [-0.15, -0.1) is 10.2 Å². The molecule has 1 amide bonds. The summed E-state index contributed by atoms with van der Waals surface area (Å²) in [5, 5.41) is 13.8. The number of carbonyl (C=O) groups is 1. The van der Waals surface area contributed by atoms with E-state index in [0.717, 1.165) is 36.6 Å². The molecule has 34 heavy (non-hydrogen) atoms. The van der Waals surface area contributed by atoms with E-state index < -0.39 is 0 Å². The Morgan fingerprint density at radius 2 is 1.74 bits per heavy atom. The van der Waals surface area contributed by atoms with Gasteiger partial charge in [0, 0.05) is 27.4 Å². The molecule has 2 aromatic heterocycles. The molecule has 174 valence electrons. The average molecular weight is 497 g/mol. The third-order valence-corrected chi connectivity index (χ3v) is 6.42. The zero-order chi connectivity index (χ0) is 23.5. The van der Waals surface area contributed by atoms with Crippen molar-refractivity contribution in [3.8, 4) is 17.3 Å². The highest BCUT2D eigenvalue weighted by molar-refractivity contribution is 6.31. The Morgan fingerprint density at radius 1 is 0.971 bits per heavy atom. The van der Waals surface area contributed by atoms with Crippen LogP contribution in [0.15, 0.2) is 59.0 Å². The Labute approximate surface area is 206 Å². The van der Waals surface area contributed by atoms with E-state index in [-0.39, 0.29) is 24.5 Å². The van der Waals surface area contributed by atoms with Crippen LogP contribution < -0.4 is 10.1 Å². The number of pyridine rings is 1. The summed E-state index contributed by atoms with van der Waals surface area (Å²) in [6.45, 7) is -0.0282. The normalized spacial score (nSPS) is 18.1. The number of nitrogens with zero attached hydrogens (tertiary/aromatic N) is 3. The zero-order valence-electron chi connectivity index (χ0n) is 18.2. The van der Waals surface area contributed by atoms with E-state index in [2.05, 4.69) is 20.5 Å². The van der Waals surface area contributed by atoms with Crippen LogP contribution in [0.3, 0.4) is 0 Å². The van der Waals surface area contributed by atoms with Crippen molar-refractivity contribution in [3.05, 3.63) is 70.5 Å². The summed E-state index contributed by atoms with van der Waals surface area (Å²) in [6, 6.07) is 16.4. The van der Waals surface area contributed by atoms with Gasteiger partial charge in [-0.25, -0.2) is 4.98 Å². The van der Waals surface area contributed by atoms with Gasteiger partial charge in [0.25, 0.3) is 11.8 Å². The number of nitrogens with one attached hydrogen (secondary N) is 1. The van der Waals surface area contributed by atoms with Gasteiger partial charge in [0.2, 0.25) is 5.89 Å². The summed E-state index contributed by atoms with van der Waals surface area (Å²) < 4.78 is 11.5. The summed E-state index contributed by atoms with van der Waals surface area (Å²) in [6.07, 6.45) is 3.39. The number of aromatic nitrogens is 3. The Morgan fingerprint density at radius 3 is 2.53 bits per heavy atom. The SMILES string of the molecule is O=C(COc1ccc(Cl)cc1)NC1CCC(c2nnc(-c3ccc4cc(Cl)ccc4n3)o2)CC1. The lowest BCUT2D eigenvalue weighted by Crippen LogP contribution is -2.39. The van der Waals surface area contributed by atoms with E-state index in [0.29, 0.717) is 33.3 Å². The predicted octanol–water partition coefficient (Wildman–Crippen LogP) is 5.81. The Kier molecular flexibility index (Phi) is 6.65. The molecular formula is C25H22Cl2N4O3. The van der Waals surface area contributed by atoms with E-state index in [4.69, 9.17) is 32.4 Å². The lowest BCUT2D eigenvalue weighted by Gasteiger charge is -2.27. The zero-order valence-corrected chi connectivity index (χ0v) is 19.7. The third kappa shape index (κ3) is 5.32. The lowest BCUT2D eigenvalue weighted by atomic mass is 9.86. The molecule has 1 saturated carbocycles. The van der Waals surface area contributed by atoms with Crippen molar-refractivity contribution >= 4 is 40.0 Å².